The Hall–Kier alpha value is -2.26. The number of nitrogens with zero attached hydrogens (tertiary/aromatic N) is 4. The smallest absolute Gasteiger partial charge is 0.358 e. The zero-order valence-corrected chi connectivity index (χ0v) is 11.2. The first kappa shape index (κ1) is 15.1. The largest absolute Gasteiger partial charge is 0.453 e. The number of halogens is 4. The third-order valence-corrected chi connectivity index (χ3v) is 2.72. The normalized spacial score (nSPS) is 13.2. The zero-order chi connectivity index (χ0) is 15.6. The summed E-state index contributed by atoms with van der Waals surface area (Å²) in [5.74, 6) is -2.08. The van der Waals surface area contributed by atoms with Crippen molar-refractivity contribution in [1.82, 2.24) is 25.1 Å². The number of H-pyrrole nitrogens is 1. The van der Waals surface area contributed by atoms with Gasteiger partial charge in [0, 0.05) is 0 Å². The van der Waals surface area contributed by atoms with Gasteiger partial charge >= 0.3 is 6.18 Å². The SMILES string of the molecule is CCc1ncnc(NC(C)c2nc(C(F)(F)F)n[nH]2)c1F. The van der Waals surface area contributed by atoms with Crippen LogP contribution >= 0.6 is 0 Å². The maximum absolute atomic E-state index is 13.9. The molecule has 0 fully saturated rings. The third kappa shape index (κ3) is 3.26. The number of hydrogen-bond donors (Lipinski definition) is 2. The highest BCUT2D eigenvalue weighted by molar-refractivity contribution is 5.38. The van der Waals surface area contributed by atoms with Crippen LogP contribution in [0.4, 0.5) is 23.4 Å². The van der Waals surface area contributed by atoms with E-state index < -0.39 is 23.9 Å². The number of aromatic amines is 1. The van der Waals surface area contributed by atoms with E-state index in [-0.39, 0.29) is 17.3 Å². The van der Waals surface area contributed by atoms with E-state index >= 15 is 0 Å². The van der Waals surface area contributed by atoms with Gasteiger partial charge in [0.1, 0.15) is 12.2 Å². The molecular weight excluding hydrogens is 292 g/mol. The third-order valence-electron chi connectivity index (χ3n) is 2.72. The highest BCUT2D eigenvalue weighted by atomic mass is 19.4. The van der Waals surface area contributed by atoms with Crippen molar-refractivity contribution in [2.45, 2.75) is 32.5 Å². The van der Waals surface area contributed by atoms with Gasteiger partial charge in [-0.25, -0.2) is 19.3 Å². The molecule has 0 aliphatic carbocycles. The predicted octanol–water partition coefficient (Wildman–Crippen LogP) is 2.49. The first-order chi connectivity index (χ1) is 9.82. The van der Waals surface area contributed by atoms with Crippen LogP contribution in [-0.2, 0) is 12.6 Å². The summed E-state index contributed by atoms with van der Waals surface area (Å²) in [7, 11) is 0. The highest BCUT2D eigenvalue weighted by Crippen LogP contribution is 2.27. The summed E-state index contributed by atoms with van der Waals surface area (Å²) >= 11 is 0. The Morgan fingerprint density at radius 3 is 2.62 bits per heavy atom. The number of aromatic nitrogens is 5. The minimum atomic E-state index is -4.63. The summed E-state index contributed by atoms with van der Waals surface area (Å²) in [5.41, 5.74) is 0.216. The molecule has 2 N–H and O–H groups in total. The molecule has 0 spiro atoms. The number of aryl methyl sites for hydroxylation is 1. The van der Waals surface area contributed by atoms with Crippen molar-refractivity contribution in [3.8, 4) is 0 Å². The molecule has 0 aliphatic rings. The van der Waals surface area contributed by atoms with Crippen LogP contribution in [0.1, 0.15) is 37.2 Å². The van der Waals surface area contributed by atoms with Gasteiger partial charge in [-0.1, -0.05) is 6.92 Å². The van der Waals surface area contributed by atoms with Crippen LogP contribution in [0.5, 0.6) is 0 Å². The van der Waals surface area contributed by atoms with Gasteiger partial charge in [0.05, 0.1) is 11.7 Å². The monoisotopic (exact) mass is 304 g/mol. The van der Waals surface area contributed by atoms with Crippen molar-refractivity contribution in [3.63, 3.8) is 0 Å². The first-order valence-electron chi connectivity index (χ1n) is 6.08. The van der Waals surface area contributed by atoms with Crippen LogP contribution in [0.25, 0.3) is 0 Å². The Morgan fingerprint density at radius 2 is 2.05 bits per heavy atom. The molecule has 0 saturated carbocycles. The molecule has 6 nitrogen and oxygen atoms in total. The van der Waals surface area contributed by atoms with Gasteiger partial charge in [0.15, 0.2) is 11.6 Å². The second-order valence-electron chi connectivity index (χ2n) is 4.24. The molecule has 0 aliphatic heterocycles. The minimum absolute atomic E-state index is 0.0709. The molecule has 2 aromatic rings. The summed E-state index contributed by atoms with van der Waals surface area (Å²) < 4.78 is 51.2. The van der Waals surface area contributed by atoms with E-state index in [1.54, 1.807) is 6.92 Å². The van der Waals surface area contributed by atoms with Crippen LogP contribution in [0.15, 0.2) is 6.33 Å². The topological polar surface area (TPSA) is 79.4 Å². The molecule has 21 heavy (non-hydrogen) atoms. The summed E-state index contributed by atoms with van der Waals surface area (Å²) in [6.45, 7) is 3.23. The van der Waals surface area contributed by atoms with Crippen LogP contribution in [0.3, 0.4) is 0 Å². The molecule has 0 bridgehead atoms. The molecule has 0 saturated heterocycles. The van der Waals surface area contributed by atoms with Gasteiger partial charge in [0.2, 0.25) is 0 Å². The summed E-state index contributed by atoms with van der Waals surface area (Å²) in [4.78, 5) is 10.8. The molecule has 10 heteroatoms. The van der Waals surface area contributed by atoms with Crippen LogP contribution in [-0.4, -0.2) is 25.1 Å². The summed E-state index contributed by atoms with van der Waals surface area (Å²) in [6.07, 6.45) is -3.08. The number of hydrogen-bond acceptors (Lipinski definition) is 5. The average molecular weight is 304 g/mol. The second-order valence-corrected chi connectivity index (χ2v) is 4.24. The van der Waals surface area contributed by atoms with Crippen LogP contribution in [0.2, 0.25) is 0 Å². The Labute approximate surface area is 117 Å². The molecular formula is C11H12F4N6. The Morgan fingerprint density at radius 1 is 1.33 bits per heavy atom. The predicted molar refractivity (Wildman–Crippen MR) is 64.8 cm³/mol. The zero-order valence-electron chi connectivity index (χ0n) is 11.2. The molecule has 0 amide bonds. The maximum Gasteiger partial charge on any atom is 0.453 e. The second kappa shape index (κ2) is 5.62. The van der Waals surface area contributed by atoms with E-state index in [9.17, 15) is 17.6 Å². The Balaban J connectivity index is 2.18. The standard InChI is InChI=1S/C11H12F4N6/c1-3-6-7(12)9(17-4-16-6)18-5(2)8-19-10(21-20-8)11(13,14)15/h4-5H,3H2,1-2H3,(H,16,17,18)(H,19,20,21). The molecule has 2 heterocycles. The lowest BCUT2D eigenvalue weighted by atomic mass is 10.2. The van der Waals surface area contributed by atoms with E-state index in [2.05, 4.69) is 30.5 Å². The lowest BCUT2D eigenvalue weighted by Crippen LogP contribution is -2.13. The molecule has 2 rings (SSSR count). The number of anilines is 1. The van der Waals surface area contributed by atoms with Gasteiger partial charge in [-0.15, -0.1) is 5.10 Å². The van der Waals surface area contributed by atoms with Crippen molar-refractivity contribution in [2.24, 2.45) is 0 Å². The molecule has 114 valence electrons. The maximum atomic E-state index is 13.9. The van der Waals surface area contributed by atoms with Crippen molar-refractivity contribution in [2.75, 3.05) is 5.32 Å². The fourth-order valence-corrected chi connectivity index (χ4v) is 1.62. The quantitative estimate of drug-likeness (QED) is 0.848. The van der Waals surface area contributed by atoms with Gasteiger partial charge in [-0.3, -0.25) is 5.10 Å². The lowest BCUT2D eigenvalue weighted by molar-refractivity contribution is -0.144. The fourth-order valence-electron chi connectivity index (χ4n) is 1.62. The highest BCUT2D eigenvalue weighted by Gasteiger charge is 2.36. The van der Waals surface area contributed by atoms with Crippen LogP contribution in [0, 0.1) is 5.82 Å². The van der Waals surface area contributed by atoms with E-state index in [0.717, 1.165) is 0 Å². The Bertz CT molecular complexity index is 623. The minimum Gasteiger partial charge on any atom is -0.358 e. The van der Waals surface area contributed by atoms with E-state index in [4.69, 9.17) is 0 Å². The van der Waals surface area contributed by atoms with Crippen molar-refractivity contribution >= 4 is 5.82 Å². The molecule has 1 atom stereocenters. The van der Waals surface area contributed by atoms with Gasteiger partial charge in [-0.05, 0) is 13.3 Å². The molecule has 2 aromatic heterocycles. The Kier molecular flexibility index (Phi) is 4.05. The lowest BCUT2D eigenvalue weighted by Gasteiger charge is -2.13. The van der Waals surface area contributed by atoms with Gasteiger partial charge in [0.25, 0.3) is 5.82 Å². The molecule has 1 unspecified atom stereocenters. The van der Waals surface area contributed by atoms with E-state index in [0.29, 0.717) is 6.42 Å². The molecule has 0 aromatic carbocycles. The average Bonchev–Trinajstić information content (AvgIpc) is 2.91. The molecule has 0 radical (unpaired) electrons. The number of rotatable bonds is 4. The first-order valence-corrected chi connectivity index (χ1v) is 6.08. The van der Waals surface area contributed by atoms with Crippen molar-refractivity contribution in [3.05, 3.63) is 29.5 Å². The summed E-state index contributed by atoms with van der Waals surface area (Å²) in [6, 6.07) is -0.734. The van der Waals surface area contributed by atoms with Gasteiger partial charge in [-0.2, -0.15) is 13.2 Å². The van der Waals surface area contributed by atoms with Crippen molar-refractivity contribution in [1.29, 1.82) is 0 Å². The fraction of sp³-hybridized carbons (Fsp3) is 0.455. The number of alkyl halides is 3. The van der Waals surface area contributed by atoms with Crippen molar-refractivity contribution < 1.29 is 17.6 Å². The van der Waals surface area contributed by atoms with Gasteiger partial charge < -0.3 is 5.32 Å². The van der Waals surface area contributed by atoms with E-state index in [1.807, 2.05) is 0 Å². The summed E-state index contributed by atoms with van der Waals surface area (Å²) in [5, 5.41) is 7.89. The number of nitrogens with one attached hydrogen (secondary N) is 2. The van der Waals surface area contributed by atoms with E-state index in [1.165, 1.54) is 13.3 Å². The van der Waals surface area contributed by atoms with Crippen LogP contribution < -0.4 is 5.32 Å².